The van der Waals surface area contributed by atoms with Crippen molar-refractivity contribution in [2.75, 3.05) is 12.3 Å². The lowest BCUT2D eigenvalue weighted by atomic mass is 10.1. The molecular formula is C14H13N3O2. The van der Waals surface area contributed by atoms with E-state index in [-0.39, 0.29) is 5.95 Å². The second-order valence-electron chi connectivity index (χ2n) is 4.03. The molecule has 0 saturated carbocycles. The number of nitrogens with two attached hydrogens (primary N) is 1. The molecule has 5 nitrogen and oxygen atoms in total. The van der Waals surface area contributed by atoms with Crippen LogP contribution in [0.4, 0.5) is 5.95 Å². The van der Waals surface area contributed by atoms with Crippen molar-refractivity contribution < 1.29 is 9.15 Å². The highest BCUT2D eigenvalue weighted by atomic mass is 16.5. The Balaban J connectivity index is 2.20. The van der Waals surface area contributed by atoms with Gasteiger partial charge >= 0.3 is 0 Å². The Hall–Kier alpha value is -2.56. The summed E-state index contributed by atoms with van der Waals surface area (Å²) >= 11 is 0. The van der Waals surface area contributed by atoms with E-state index in [0.717, 1.165) is 22.2 Å². The molecule has 1 aromatic carbocycles. The van der Waals surface area contributed by atoms with Gasteiger partial charge in [-0.1, -0.05) is 0 Å². The number of benzene rings is 1. The number of nitrogen functional groups attached to an aromatic ring is 1. The predicted molar refractivity (Wildman–Crippen MR) is 72.8 cm³/mol. The molecule has 0 aliphatic carbocycles. The predicted octanol–water partition coefficient (Wildman–Crippen LogP) is 2.87. The first-order valence-electron chi connectivity index (χ1n) is 6.02. The Morgan fingerprint density at radius 2 is 2.16 bits per heavy atom. The van der Waals surface area contributed by atoms with Crippen molar-refractivity contribution in [2.45, 2.75) is 6.92 Å². The molecule has 96 valence electrons. The van der Waals surface area contributed by atoms with Crippen molar-refractivity contribution in [3.05, 3.63) is 36.6 Å². The third kappa shape index (κ3) is 2.10. The summed E-state index contributed by atoms with van der Waals surface area (Å²) in [5, 5.41) is 0.824. The number of furan rings is 1. The fourth-order valence-electron chi connectivity index (χ4n) is 1.96. The van der Waals surface area contributed by atoms with Gasteiger partial charge in [-0.15, -0.1) is 0 Å². The highest BCUT2D eigenvalue weighted by Gasteiger charge is 2.09. The van der Waals surface area contributed by atoms with Gasteiger partial charge in [-0.3, -0.25) is 0 Å². The molecule has 2 heterocycles. The first-order chi connectivity index (χ1) is 9.28. The standard InChI is InChI=1S/C14H13N3O2/c1-2-18-13-10-8-9(12-4-3-7-19-12)5-6-11(10)16-14(15)17-13/h3-8H,2H2,1H3,(H2,15,16,17). The van der Waals surface area contributed by atoms with E-state index in [2.05, 4.69) is 9.97 Å². The van der Waals surface area contributed by atoms with E-state index in [1.807, 2.05) is 37.3 Å². The Labute approximate surface area is 110 Å². The summed E-state index contributed by atoms with van der Waals surface area (Å²) in [6.07, 6.45) is 1.64. The summed E-state index contributed by atoms with van der Waals surface area (Å²) in [5.41, 5.74) is 7.37. The number of anilines is 1. The maximum absolute atomic E-state index is 5.67. The fraction of sp³-hybridized carbons (Fsp3) is 0.143. The van der Waals surface area contributed by atoms with Crippen LogP contribution in [0.5, 0.6) is 5.88 Å². The lowest BCUT2D eigenvalue weighted by Crippen LogP contribution is -2.01. The van der Waals surface area contributed by atoms with Gasteiger partial charge in [0, 0.05) is 5.56 Å². The summed E-state index contributed by atoms with van der Waals surface area (Å²) in [4.78, 5) is 8.32. The number of ether oxygens (including phenoxy) is 1. The molecule has 2 N–H and O–H groups in total. The maximum atomic E-state index is 5.67. The zero-order chi connectivity index (χ0) is 13.2. The van der Waals surface area contributed by atoms with Gasteiger partial charge in [0.2, 0.25) is 11.8 Å². The topological polar surface area (TPSA) is 74.2 Å². The van der Waals surface area contributed by atoms with Crippen LogP contribution in [0.1, 0.15) is 6.92 Å². The Morgan fingerprint density at radius 1 is 1.26 bits per heavy atom. The van der Waals surface area contributed by atoms with E-state index in [1.165, 1.54) is 0 Å². The minimum atomic E-state index is 0.210. The normalized spacial score (nSPS) is 10.8. The van der Waals surface area contributed by atoms with Crippen LogP contribution in [0.2, 0.25) is 0 Å². The van der Waals surface area contributed by atoms with Crippen LogP contribution in [0, 0.1) is 0 Å². The molecule has 5 heteroatoms. The number of hydrogen-bond acceptors (Lipinski definition) is 5. The summed E-state index contributed by atoms with van der Waals surface area (Å²) < 4.78 is 10.9. The number of fused-ring (bicyclic) bond motifs is 1. The highest BCUT2D eigenvalue weighted by molar-refractivity contribution is 5.88. The first kappa shape index (κ1) is 11.5. The molecule has 0 bridgehead atoms. The van der Waals surface area contributed by atoms with Crippen LogP contribution in [-0.4, -0.2) is 16.6 Å². The van der Waals surface area contributed by atoms with Gasteiger partial charge in [0.05, 0.1) is 23.8 Å². The molecule has 2 aromatic heterocycles. The third-order valence-corrected chi connectivity index (χ3v) is 2.76. The first-order valence-corrected chi connectivity index (χ1v) is 6.02. The van der Waals surface area contributed by atoms with E-state index >= 15 is 0 Å². The van der Waals surface area contributed by atoms with Gasteiger partial charge in [0.15, 0.2) is 0 Å². The maximum Gasteiger partial charge on any atom is 0.226 e. The molecule has 0 unspecified atom stereocenters. The van der Waals surface area contributed by atoms with Crippen LogP contribution < -0.4 is 10.5 Å². The van der Waals surface area contributed by atoms with E-state index in [4.69, 9.17) is 14.9 Å². The van der Waals surface area contributed by atoms with E-state index in [9.17, 15) is 0 Å². The lowest BCUT2D eigenvalue weighted by Gasteiger charge is -2.08. The van der Waals surface area contributed by atoms with Gasteiger partial charge in [-0.05, 0) is 37.3 Å². The minimum absolute atomic E-state index is 0.210. The molecular weight excluding hydrogens is 242 g/mol. The van der Waals surface area contributed by atoms with Gasteiger partial charge in [-0.25, -0.2) is 4.98 Å². The van der Waals surface area contributed by atoms with Gasteiger partial charge < -0.3 is 14.9 Å². The molecule has 0 saturated heterocycles. The molecule has 0 radical (unpaired) electrons. The van der Waals surface area contributed by atoms with Crippen molar-refractivity contribution in [2.24, 2.45) is 0 Å². The number of hydrogen-bond donors (Lipinski definition) is 1. The quantitative estimate of drug-likeness (QED) is 0.778. The largest absolute Gasteiger partial charge is 0.477 e. The lowest BCUT2D eigenvalue weighted by molar-refractivity contribution is 0.331. The minimum Gasteiger partial charge on any atom is -0.477 e. The number of rotatable bonds is 3. The van der Waals surface area contributed by atoms with Crippen molar-refractivity contribution in [3.8, 4) is 17.2 Å². The van der Waals surface area contributed by atoms with Gasteiger partial charge in [0.1, 0.15) is 5.76 Å². The zero-order valence-corrected chi connectivity index (χ0v) is 10.5. The summed E-state index contributed by atoms with van der Waals surface area (Å²) in [6.45, 7) is 2.43. The van der Waals surface area contributed by atoms with Crippen LogP contribution >= 0.6 is 0 Å². The molecule has 0 aliphatic rings. The Bertz CT molecular complexity index is 708. The molecule has 0 atom stereocenters. The van der Waals surface area contributed by atoms with Crippen LogP contribution in [0.15, 0.2) is 41.0 Å². The van der Waals surface area contributed by atoms with Crippen LogP contribution in [-0.2, 0) is 0 Å². The SMILES string of the molecule is CCOc1nc(N)nc2ccc(-c3ccco3)cc12. The molecule has 3 rings (SSSR count). The summed E-state index contributed by atoms with van der Waals surface area (Å²) in [7, 11) is 0. The fourth-order valence-corrected chi connectivity index (χ4v) is 1.96. The van der Waals surface area contributed by atoms with Crippen molar-refractivity contribution in [3.63, 3.8) is 0 Å². The van der Waals surface area contributed by atoms with E-state index in [0.29, 0.717) is 12.5 Å². The van der Waals surface area contributed by atoms with Crippen molar-refractivity contribution in [1.82, 2.24) is 9.97 Å². The average Bonchev–Trinajstić information content (AvgIpc) is 2.92. The monoisotopic (exact) mass is 255 g/mol. The second kappa shape index (κ2) is 4.61. The summed E-state index contributed by atoms with van der Waals surface area (Å²) in [6, 6.07) is 9.51. The molecule has 0 aliphatic heterocycles. The van der Waals surface area contributed by atoms with E-state index < -0.39 is 0 Å². The van der Waals surface area contributed by atoms with Crippen molar-refractivity contribution in [1.29, 1.82) is 0 Å². The third-order valence-electron chi connectivity index (χ3n) is 2.76. The number of aromatic nitrogens is 2. The van der Waals surface area contributed by atoms with E-state index in [1.54, 1.807) is 6.26 Å². The molecule has 0 spiro atoms. The molecule has 3 aromatic rings. The average molecular weight is 255 g/mol. The summed E-state index contributed by atoms with van der Waals surface area (Å²) in [5.74, 6) is 1.50. The number of nitrogens with zero attached hydrogens (tertiary/aromatic N) is 2. The Morgan fingerprint density at radius 3 is 2.89 bits per heavy atom. The molecule has 19 heavy (non-hydrogen) atoms. The van der Waals surface area contributed by atoms with Gasteiger partial charge in [0.25, 0.3) is 0 Å². The van der Waals surface area contributed by atoms with Crippen LogP contribution in [0.25, 0.3) is 22.2 Å². The smallest absolute Gasteiger partial charge is 0.226 e. The van der Waals surface area contributed by atoms with Crippen molar-refractivity contribution >= 4 is 16.9 Å². The second-order valence-corrected chi connectivity index (χ2v) is 4.03. The Kier molecular flexibility index (Phi) is 2.79. The van der Waals surface area contributed by atoms with Gasteiger partial charge in [-0.2, -0.15) is 4.98 Å². The molecule has 0 fully saturated rings. The zero-order valence-electron chi connectivity index (χ0n) is 10.5. The van der Waals surface area contributed by atoms with Crippen LogP contribution in [0.3, 0.4) is 0 Å². The highest BCUT2D eigenvalue weighted by Crippen LogP contribution is 2.29. The molecule has 0 amide bonds.